The van der Waals surface area contributed by atoms with Gasteiger partial charge in [-0.25, -0.2) is 14.4 Å². The molecule has 0 aromatic rings. The third-order valence-corrected chi connectivity index (χ3v) is 1.42. The summed E-state index contributed by atoms with van der Waals surface area (Å²) in [6.45, 7) is 0.218. The maximum absolute atomic E-state index is 10.9. The summed E-state index contributed by atoms with van der Waals surface area (Å²) in [7, 11) is 2.67. The SMILES string of the molecule is CNC(=O)NCCOC(=O)C=CC(=O)OC. The molecule has 0 aromatic carbocycles. The van der Waals surface area contributed by atoms with E-state index in [0.717, 1.165) is 12.2 Å². The van der Waals surface area contributed by atoms with Crippen molar-refractivity contribution in [2.45, 2.75) is 0 Å². The number of rotatable bonds is 5. The second-order valence-electron chi connectivity index (χ2n) is 2.53. The Morgan fingerprint density at radius 2 is 1.81 bits per heavy atom. The maximum atomic E-state index is 10.9. The number of nitrogens with one attached hydrogen (secondary N) is 2. The number of amides is 2. The molecule has 0 aliphatic rings. The molecular weight excluding hydrogens is 216 g/mol. The molecule has 2 N–H and O–H groups in total. The van der Waals surface area contributed by atoms with Crippen LogP contribution in [-0.4, -0.2) is 45.3 Å². The van der Waals surface area contributed by atoms with Crippen LogP contribution < -0.4 is 10.6 Å². The zero-order valence-electron chi connectivity index (χ0n) is 9.11. The van der Waals surface area contributed by atoms with Crippen molar-refractivity contribution in [3.63, 3.8) is 0 Å². The lowest BCUT2D eigenvalue weighted by Crippen LogP contribution is -2.35. The summed E-state index contributed by atoms with van der Waals surface area (Å²) in [5, 5.41) is 4.76. The fraction of sp³-hybridized carbons (Fsp3) is 0.444. The molecule has 0 fully saturated rings. The molecule has 16 heavy (non-hydrogen) atoms. The summed E-state index contributed by atoms with van der Waals surface area (Å²) >= 11 is 0. The van der Waals surface area contributed by atoms with Gasteiger partial charge in [-0.2, -0.15) is 0 Å². The van der Waals surface area contributed by atoms with E-state index in [1.807, 2.05) is 0 Å². The number of esters is 2. The van der Waals surface area contributed by atoms with E-state index in [1.54, 1.807) is 0 Å². The molecule has 0 heterocycles. The van der Waals surface area contributed by atoms with Gasteiger partial charge < -0.3 is 20.1 Å². The number of urea groups is 1. The first-order valence-electron chi connectivity index (χ1n) is 4.48. The number of ether oxygens (including phenoxy) is 2. The van der Waals surface area contributed by atoms with Crippen LogP contribution in [0.2, 0.25) is 0 Å². The van der Waals surface area contributed by atoms with Crippen molar-refractivity contribution in [1.29, 1.82) is 0 Å². The zero-order chi connectivity index (χ0) is 12.4. The van der Waals surface area contributed by atoms with Crippen molar-refractivity contribution >= 4 is 18.0 Å². The van der Waals surface area contributed by atoms with Crippen LogP contribution in [0.5, 0.6) is 0 Å². The predicted molar refractivity (Wildman–Crippen MR) is 54.6 cm³/mol. The van der Waals surface area contributed by atoms with E-state index < -0.39 is 11.9 Å². The number of carbonyl (C=O) groups is 3. The molecule has 0 spiro atoms. The highest BCUT2D eigenvalue weighted by molar-refractivity contribution is 5.91. The van der Waals surface area contributed by atoms with Gasteiger partial charge in [-0.05, 0) is 0 Å². The average molecular weight is 230 g/mol. The molecule has 0 saturated heterocycles. The summed E-state index contributed by atoms with van der Waals surface area (Å²) in [6, 6.07) is -0.360. The highest BCUT2D eigenvalue weighted by atomic mass is 16.5. The molecule has 0 aliphatic carbocycles. The van der Waals surface area contributed by atoms with Gasteiger partial charge in [-0.1, -0.05) is 0 Å². The van der Waals surface area contributed by atoms with Crippen LogP contribution in [0.1, 0.15) is 0 Å². The molecule has 0 bridgehead atoms. The number of hydrogen-bond donors (Lipinski definition) is 2. The lowest BCUT2D eigenvalue weighted by atomic mass is 10.5. The van der Waals surface area contributed by atoms with E-state index in [1.165, 1.54) is 14.2 Å². The monoisotopic (exact) mass is 230 g/mol. The highest BCUT2D eigenvalue weighted by Gasteiger charge is 2.00. The lowest BCUT2D eigenvalue weighted by Gasteiger charge is -2.03. The van der Waals surface area contributed by atoms with Gasteiger partial charge in [0, 0.05) is 19.2 Å². The fourth-order valence-corrected chi connectivity index (χ4v) is 0.657. The van der Waals surface area contributed by atoms with Gasteiger partial charge >= 0.3 is 18.0 Å². The molecule has 0 saturated carbocycles. The first-order chi connectivity index (χ1) is 7.60. The summed E-state index contributed by atoms with van der Waals surface area (Å²) in [5.41, 5.74) is 0. The second kappa shape index (κ2) is 8.27. The first-order valence-corrected chi connectivity index (χ1v) is 4.48. The molecule has 0 rings (SSSR count). The molecule has 2 amide bonds. The summed E-state index contributed by atoms with van der Waals surface area (Å²) < 4.78 is 8.93. The van der Waals surface area contributed by atoms with E-state index in [4.69, 9.17) is 0 Å². The van der Waals surface area contributed by atoms with Gasteiger partial charge in [-0.15, -0.1) is 0 Å². The third-order valence-electron chi connectivity index (χ3n) is 1.42. The minimum Gasteiger partial charge on any atom is -0.466 e. The topological polar surface area (TPSA) is 93.7 Å². The van der Waals surface area contributed by atoms with Crippen molar-refractivity contribution in [3.8, 4) is 0 Å². The molecule has 7 nitrogen and oxygen atoms in total. The van der Waals surface area contributed by atoms with Gasteiger partial charge in [0.05, 0.1) is 13.7 Å². The van der Waals surface area contributed by atoms with Crippen LogP contribution in [-0.2, 0) is 19.1 Å². The molecular formula is C9H14N2O5. The quantitative estimate of drug-likeness (QED) is 0.366. The lowest BCUT2D eigenvalue weighted by molar-refractivity contribution is -0.139. The van der Waals surface area contributed by atoms with Crippen LogP contribution in [0.3, 0.4) is 0 Å². The van der Waals surface area contributed by atoms with Gasteiger partial charge in [0.1, 0.15) is 6.61 Å². The zero-order valence-corrected chi connectivity index (χ0v) is 9.11. The van der Waals surface area contributed by atoms with Crippen LogP contribution >= 0.6 is 0 Å². The number of hydrogen-bond acceptors (Lipinski definition) is 5. The van der Waals surface area contributed by atoms with E-state index in [-0.39, 0.29) is 19.2 Å². The van der Waals surface area contributed by atoms with Crippen LogP contribution in [0.4, 0.5) is 4.79 Å². The van der Waals surface area contributed by atoms with Crippen molar-refractivity contribution < 1.29 is 23.9 Å². The van der Waals surface area contributed by atoms with Gasteiger partial charge in [0.15, 0.2) is 0 Å². The molecule has 0 radical (unpaired) electrons. The average Bonchev–Trinajstić information content (AvgIpc) is 2.31. The van der Waals surface area contributed by atoms with E-state index in [0.29, 0.717) is 0 Å². The number of methoxy groups -OCH3 is 1. The maximum Gasteiger partial charge on any atom is 0.331 e. The standard InChI is InChI=1S/C9H14N2O5/c1-10-9(14)11-5-6-16-8(13)4-3-7(12)15-2/h3-4H,5-6H2,1-2H3,(H2,10,11,14). The van der Waals surface area contributed by atoms with E-state index in [9.17, 15) is 14.4 Å². The van der Waals surface area contributed by atoms with Crippen LogP contribution in [0.25, 0.3) is 0 Å². The fourth-order valence-electron chi connectivity index (χ4n) is 0.657. The Morgan fingerprint density at radius 1 is 1.19 bits per heavy atom. The van der Waals surface area contributed by atoms with Gasteiger partial charge in [0.25, 0.3) is 0 Å². The Balaban J connectivity index is 3.62. The molecule has 0 aromatic heterocycles. The van der Waals surface area contributed by atoms with Crippen molar-refractivity contribution in [2.24, 2.45) is 0 Å². The normalized spacial score (nSPS) is 9.62. The Labute approximate surface area is 92.8 Å². The Kier molecular flexibility index (Phi) is 7.21. The largest absolute Gasteiger partial charge is 0.466 e. The summed E-state index contributed by atoms with van der Waals surface area (Å²) in [6.07, 6.45) is 1.90. The van der Waals surface area contributed by atoms with Gasteiger partial charge in [0.2, 0.25) is 0 Å². The molecule has 0 atom stereocenters. The van der Waals surface area contributed by atoms with Crippen molar-refractivity contribution in [1.82, 2.24) is 10.6 Å². The van der Waals surface area contributed by atoms with Crippen LogP contribution in [0, 0.1) is 0 Å². The Bertz CT molecular complexity index is 288. The minimum absolute atomic E-state index is 0.0256. The van der Waals surface area contributed by atoms with Gasteiger partial charge in [-0.3, -0.25) is 0 Å². The molecule has 0 unspecified atom stereocenters. The first kappa shape index (κ1) is 13.9. The predicted octanol–water partition coefficient (Wildman–Crippen LogP) is -0.812. The smallest absolute Gasteiger partial charge is 0.331 e. The molecule has 7 heteroatoms. The summed E-state index contributed by atoms with van der Waals surface area (Å²) in [4.78, 5) is 32.2. The Morgan fingerprint density at radius 3 is 2.38 bits per heavy atom. The van der Waals surface area contributed by atoms with Crippen molar-refractivity contribution in [2.75, 3.05) is 27.3 Å². The Hall–Kier alpha value is -2.05. The minimum atomic E-state index is -0.677. The summed E-state index contributed by atoms with van der Waals surface area (Å²) in [5.74, 6) is -1.32. The highest BCUT2D eigenvalue weighted by Crippen LogP contribution is 1.83. The van der Waals surface area contributed by atoms with Crippen molar-refractivity contribution in [3.05, 3.63) is 12.2 Å². The second-order valence-corrected chi connectivity index (χ2v) is 2.53. The van der Waals surface area contributed by atoms with Crippen LogP contribution in [0.15, 0.2) is 12.2 Å². The van der Waals surface area contributed by atoms with E-state index >= 15 is 0 Å². The number of carbonyl (C=O) groups excluding carboxylic acids is 3. The molecule has 0 aliphatic heterocycles. The third kappa shape index (κ3) is 7.36. The molecule has 90 valence electrons. The van der Waals surface area contributed by atoms with E-state index in [2.05, 4.69) is 20.1 Å².